The zero-order valence-corrected chi connectivity index (χ0v) is 11.6. The van der Waals surface area contributed by atoms with Crippen molar-refractivity contribution in [3.63, 3.8) is 0 Å². The molecule has 2 aliphatic rings. The van der Waals surface area contributed by atoms with E-state index in [9.17, 15) is 19.6 Å². The zero-order chi connectivity index (χ0) is 31.9. The number of nitrogens with one attached hydrogen (secondary N) is 1. The van der Waals surface area contributed by atoms with Crippen LogP contribution in [0.4, 0.5) is 0 Å². The third kappa shape index (κ3) is 3.79. The monoisotopic (exact) mass is 340 g/mol. The fourth-order valence-corrected chi connectivity index (χ4v) is 1.88. The number of rotatable bonds is 4. The van der Waals surface area contributed by atoms with E-state index in [-0.39, 0.29) is 0 Å². The lowest BCUT2D eigenvalue weighted by molar-refractivity contribution is -0.290. The van der Waals surface area contributed by atoms with Crippen molar-refractivity contribution in [2.24, 2.45) is 0 Å². The van der Waals surface area contributed by atoms with Gasteiger partial charge in [0.15, 0.2) is 0 Å². The van der Waals surface area contributed by atoms with Crippen molar-refractivity contribution in [2.75, 3.05) is 6.54 Å². The summed E-state index contributed by atoms with van der Waals surface area (Å²) in [6, 6.07) is -4.42. The quantitative estimate of drug-likeness (QED) is 0.605. The second kappa shape index (κ2) is 6.05. The Kier molecular flexibility index (Phi) is 1.49. The Morgan fingerprint density at radius 3 is 2.30 bits per heavy atom. The Balaban J connectivity index is 2.97. The van der Waals surface area contributed by atoms with E-state index in [1.165, 1.54) is 5.32 Å². The lowest BCUT2D eigenvalue weighted by atomic mass is 9.82. The molecular formula is C16H24N3O4. The van der Waals surface area contributed by atoms with E-state index in [1.807, 2.05) is 0 Å². The molecule has 1 fully saturated rings. The molecule has 0 spiro atoms. The van der Waals surface area contributed by atoms with E-state index in [1.54, 1.807) is 0 Å². The first-order chi connectivity index (χ1) is 17.4. The van der Waals surface area contributed by atoms with Crippen LogP contribution in [0.15, 0.2) is 12.2 Å². The third-order valence-corrected chi connectivity index (χ3v) is 2.95. The predicted octanol–water partition coefficient (Wildman–Crippen LogP) is 0.785. The van der Waals surface area contributed by atoms with Crippen LogP contribution < -0.4 is 5.32 Å². The summed E-state index contributed by atoms with van der Waals surface area (Å²) in [7, 11) is 0. The highest BCUT2D eigenvalue weighted by molar-refractivity contribution is 6.13. The van der Waals surface area contributed by atoms with Crippen LogP contribution >= 0.6 is 0 Å². The fourth-order valence-electron chi connectivity index (χ4n) is 1.88. The lowest BCUT2D eigenvalue weighted by Gasteiger charge is -2.50. The largest absolute Gasteiger partial charge is 0.353 e. The van der Waals surface area contributed by atoms with Crippen LogP contribution in [0.3, 0.4) is 0 Å². The van der Waals surface area contributed by atoms with Gasteiger partial charge in [0, 0.05) is 64.1 Å². The maximum Gasteiger partial charge on any atom is 0.253 e. The number of carbonyl (C=O) groups is 3. The van der Waals surface area contributed by atoms with Gasteiger partial charge in [0.25, 0.3) is 11.8 Å². The van der Waals surface area contributed by atoms with Crippen molar-refractivity contribution in [1.82, 2.24) is 15.3 Å². The summed E-state index contributed by atoms with van der Waals surface area (Å²) in [5.74, 6) is -3.43. The van der Waals surface area contributed by atoms with Gasteiger partial charge in [-0.2, -0.15) is 0 Å². The average molecular weight is 340 g/mol. The molecule has 7 nitrogen and oxygen atoms in total. The van der Waals surface area contributed by atoms with Gasteiger partial charge < -0.3 is 5.32 Å². The average Bonchev–Trinajstić information content (AvgIpc) is 2.98. The smallest absolute Gasteiger partial charge is 0.253 e. The number of carbonyl (C=O) groups excluding carboxylic acids is 3. The molecule has 2 aliphatic heterocycles. The molecule has 3 amide bonds. The number of imide groups is 1. The maximum absolute atomic E-state index is 13.8. The van der Waals surface area contributed by atoms with Crippen LogP contribution in [-0.4, -0.2) is 51.3 Å². The Hall–Kier alpha value is -1.73. The predicted molar refractivity (Wildman–Crippen MR) is 82.3 cm³/mol. The zero-order valence-electron chi connectivity index (χ0n) is 28.6. The minimum atomic E-state index is -4.76. The molecule has 0 saturated carbocycles. The topological polar surface area (TPSA) is 89.6 Å². The maximum atomic E-state index is 13.8. The van der Waals surface area contributed by atoms with E-state index >= 15 is 0 Å². The molecule has 2 rings (SSSR count). The summed E-state index contributed by atoms with van der Waals surface area (Å²) in [5.41, 5.74) is -9.53. The van der Waals surface area contributed by atoms with E-state index < -0.39 is 93.0 Å². The first-order valence-corrected chi connectivity index (χ1v) is 6.27. The van der Waals surface area contributed by atoms with Crippen LogP contribution in [0.2, 0.25) is 0 Å². The number of hydrogen-bond acceptors (Lipinski definition) is 4. The van der Waals surface area contributed by atoms with E-state index in [0.717, 1.165) is 12.2 Å². The normalized spacial score (nSPS) is 43.2. The van der Waals surface area contributed by atoms with Crippen molar-refractivity contribution in [1.29, 1.82) is 0 Å². The molecular weight excluding hydrogens is 299 g/mol. The van der Waals surface area contributed by atoms with Crippen molar-refractivity contribution in [2.45, 2.75) is 63.7 Å². The fraction of sp³-hybridized carbons (Fsp3) is 0.688. The van der Waals surface area contributed by atoms with Gasteiger partial charge in [-0.3, -0.25) is 19.3 Å². The molecule has 0 aromatic rings. The molecule has 0 aromatic heterocycles. The van der Waals surface area contributed by atoms with Gasteiger partial charge >= 0.3 is 0 Å². The van der Waals surface area contributed by atoms with Crippen LogP contribution in [0.25, 0.3) is 0 Å². The Bertz CT molecular complexity index is 1010. The standard InChI is InChI=1S/C16H24N3O4/c1-15(2)9-11(10-16(3,4)19(15)23)17-12(20)7-8-18-13(21)5-6-14(18)22/h5-6,11H,7-10H2,1-4H3,(H,17,20)/i1D3,2D3,3D3,4D3,9D2,10D2,11D,19+1. The molecule has 23 heavy (non-hydrogen) atoms. The highest BCUT2D eigenvalue weighted by atomic mass is 16.8. The number of hydrogen-bond donors (Lipinski definition) is 1. The Morgan fingerprint density at radius 2 is 1.83 bits per heavy atom. The van der Waals surface area contributed by atoms with Gasteiger partial charge in [-0.15, -0.1) is 10.3 Å². The molecule has 0 bridgehead atoms. The van der Waals surface area contributed by atoms with Crippen LogP contribution in [0, 0.1) is 0 Å². The van der Waals surface area contributed by atoms with Gasteiger partial charge in [-0.05, 0) is 40.2 Å². The molecule has 127 valence electrons. The minimum absolute atomic E-state index is 0.490. The summed E-state index contributed by atoms with van der Waals surface area (Å²) >= 11 is 0. The van der Waals surface area contributed by atoms with Crippen molar-refractivity contribution >= 4 is 17.7 Å². The molecule has 1 saturated heterocycles. The molecule has 0 aliphatic carbocycles. The minimum Gasteiger partial charge on any atom is -0.353 e. The summed E-state index contributed by atoms with van der Waals surface area (Å²) in [6.45, 7) is -18.7. The molecule has 0 aromatic carbocycles. The molecule has 1 radical (unpaired) electrons. The summed E-state index contributed by atoms with van der Waals surface area (Å²) in [4.78, 5) is 36.9. The molecule has 2 heterocycles. The Labute approximate surface area is 160 Å². The van der Waals surface area contributed by atoms with Crippen molar-refractivity contribution < 1.29 is 42.9 Å². The second-order valence-corrected chi connectivity index (χ2v) is 4.80. The molecule has 1 N–H and O–H groups in total. The molecule has 7 heteroatoms. The third-order valence-electron chi connectivity index (χ3n) is 2.95. The van der Waals surface area contributed by atoms with E-state index in [2.05, 4.69) is 0 Å². The van der Waals surface area contributed by atoms with E-state index in [4.69, 9.17) is 23.3 Å². The molecule has 0 atom stereocenters. The van der Waals surface area contributed by atoms with Crippen molar-refractivity contribution in [3.05, 3.63) is 12.2 Å². The van der Waals surface area contributed by atoms with Gasteiger partial charge in [0.05, 0.1) is 1.37 Å². The van der Waals surface area contributed by atoms with Crippen molar-refractivity contribution in [3.8, 4) is 0 Å². The summed E-state index contributed by atoms with van der Waals surface area (Å²) in [5, 5.41) is 13.6. The van der Waals surface area contributed by atoms with Crippen LogP contribution in [-0.2, 0) is 19.6 Å². The number of nitrogens with zero attached hydrogens (tertiary/aromatic N) is 2. The summed E-state index contributed by atoms with van der Waals surface area (Å²) < 4.78 is 137. The Morgan fingerprint density at radius 1 is 1.30 bits per heavy atom. The van der Waals surface area contributed by atoms with Gasteiger partial charge in [-0.1, -0.05) is 0 Å². The first kappa shape index (κ1) is 5.67. The van der Waals surface area contributed by atoms with Crippen LogP contribution in [0.5, 0.6) is 0 Å². The van der Waals surface area contributed by atoms with Gasteiger partial charge in [0.2, 0.25) is 5.91 Å². The highest BCUT2D eigenvalue weighted by Gasteiger charge is 2.46. The number of piperidine rings is 1. The number of amides is 3. The molecule has 0 unspecified atom stereocenters. The SMILES string of the molecule is [2H]C([2H])([2H])C1(C([2H])([2H])[2H])[15N]([O])C(C([2H])([2H])[2H])(C([2H])([2H])[2H])C([2H])([2H])C([2H])(NC(=O)CCN2C(=O)C=CC2=O)C1([2H])[2H]. The summed E-state index contributed by atoms with van der Waals surface area (Å²) in [6.07, 6.45) is -8.54. The highest BCUT2D eigenvalue weighted by Crippen LogP contribution is 2.36. The first-order valence-electron chi connectivity index (χ1n) is 14.8. The number of hydroxylamine groups is 2. The van der Waals surface area contributed by atoms with Crippen LogP contribution in [0.1, 0.15) is 69.9 Å². The van der Waals surface area contributed by atoms with Gasteiger partial charge in [0.1, 0.15) is 0 Å². The van der Waals surface area contributed by atoms with E-state index in [0.29, 0.717) is 4.90 Å². The second-order valence-electron chi connectivity index (χ2n) is 4.80. The van der Waals surface area contributed by atoms with Gasteiger partial charge in [-0.25, -0.2) is 0 Å². The lowest BCUT2D eigenvalue weighted by Crippen LogP contribution is -2.62.